The molecule has 0 saturated carbocycles. The van der Waals surface area contributed by atoms with Gasteiger partial charge in [0.2, 0.25) is 0 Å². The maximum Gasteiger partial charge on any atom is -0.0184 e. The SMILES string of the molecule is [S-]CCCCCCc1ccc(-c2ccccc2)cc1. The number of rotatable bonds is 7. The Bertz CT molecular complexity index is 459. The van der Waals surface area contributed by atoms with Crippen LogP contribution in [-0.2, 0) is 19.0 Å². The van der Waals surface area contributed by atoms with Crippen LogP contribution in [0.3, 0.4) is 0 Å². The summed E-state index contributed by atoms with van der Waals surface area (Å²) >= 11 is 4.96. The molecule has 0 aliphatic carbocycles. The first-order valence-electron chi connectivity index (χ1n) is 7.12. The summed E-state index contributed by atoms with van der Waals surface area (Å²) in [6.45, 7) is 0. The van der Waals surface area contributed by atoms with E-state index < -0.39 is 0 Å². The van der Waals surface area contributed by atoms with Crippen LogP contribution in [0.2, 0.25) is 0 Å². The van der Waals surface area contributed by atoms with Gasteiger partial charge in [-0.3, -0.25) is 0 Å². The molecule has 0 fully saturated rings. The molecular formula is C18H21S-. The zero-order chi connectivity index (χ0) is 13.3. The van der Waals surface area contributed by atoms with Crippen molar-refractivity contribution < 1.29 is 0 Å². The maximum atomic E-state index is 4.96. The van der Waals surface area contributed by atoms with Crippen molar-refractivity contribution in [2.75, 3.05) is 5.75 Å². The van der Waals surface area contributed by atoms with Crippen molar-refractivity contribution in [1.82, 2.24) is 0 Å². The zero-order valence-electron chi connectivity index (χ0n) is 11.3. The molecule has 0 nitrogen and oxygen atoms in total. The minimum atomic E-state index is 0.909. The van der Waals surface area contributed by atoms with Crippen molar-refractivity contribution >= 4 is 12.6 Å². The molecule has 2 aromatic rings. The first-order chi connectivity index (χ1) is 9.40. The van der Waals surface area contributed by atoms with Crippen molar-refractivity contribution in [3.63, 3.8) is 0 Å². The second-order valence-corrected chi connectivity index (χ2v) is 5.34. The molecule has 0 heterocycles. The van der Waals surface area contributed by atoms with Crippen molar-refractivity contribution in [1.29, 1.82) is 0 Å². The standard InChI is InChI=1S/C18H22S/c19-15-7-2-1-4-8-16-11-13-18(14-12-16)17-9-5-3-6-10-17/h3,5-6,9-14,19H,1-2,4,7-8,15H2/p-1. The average molecular weight is 269 g/mol. The van der Waals surface area contributed by atoms with Crippen molar-refractivity contribution in [3.8, 4) is 11.1 Å². The van der Waals surface area contributed by atoms with Gasteiger partial charge in [0.05, 0.1) is 0 Å². The third kappa shape index (κ3) is 4.76. The van der Waals surface area contributed by atoms with Gasteiger partial charge in [0.15, 0.2) is 0 Å². The fourth-order valence-corrected chi connectivity index (χ4v) is 2.48. The third-order valence-corrected chi connectivity index (χ3v) is 3.71. The summed E-state index contributed by atoms with van der Waals surface area (Å²) < 4.78 is 0. The van der Waals surface area contributed by atoms with Gasteiger partial charge in [0, 0.05) is 0 Å². The van der Waals surface area contributed by atoms with E-state index in [4.69, 9.17) is 12.6 Å². The molecule has 2 rings (SSSR count). The molecule has 0 atom stereocenters. The molecule has 1 heteroatoms. The number of hydrogen-bond donors (Lipinski definition) is 0. The molecule has 0 N–H and O–H groups in total. The lowest BCUT2D eigenvalue weighted by atomic mass is 10.0. The molecule has 0 amide bonds. The molecule has 0 spiro atoms. The van der Waals surface area contributed by atoms with Crippen molar-refractivity contribution in [2.24, 2.45) is 0 Å². The van der Waals surface area contributed by atoms with E-state index in [1.54, 1.807) is 0 Å². The second kappa shape index (κ2) is 8.06. The smallest absolute Gasteiger partial charge is 0.0184 e. The Labute approximate surface area is 122 Å². The molecule has 0 aliphatic rings. The largest absolute Gasteiger partial charge is 0.793 e. The van der Waals surface area contributed by atoms with Crippen molar-refractivity contribution in [3.05, 3.63) is 60.2 Å². The number of unbranched alkanes of at least 4 members (excludes halogenated alkanes) is 3. The summed E-state index contributed by atoms with van der Waals surface area (Å²) in [6.07, 6.45) is 6.25. The predicted molar refractivity (Wildman–Crippen MR) is 86.3 cm³/mol. The van der Waals surface area contributed by atoms with Crippen LogP contribution in [0.4, 0.5) is 0 Å². The minimum Gasteiger partial charge on any atom is -0.793 e. The van der Waals surface area contributed by atoms with Gasteiger partial charge in [-0.1, -0.05) is 73.9 Å². The second-order valence-electron chi connectivity index (χ2n) is 4.93. The highest BCUT2D eigenvalue weighted by Crippen LogP contribution is 2.20. The van der Waals surface area contributed by atoms with Gasteiger partial charge in [-0.05, 0) is 29.5 Å². The molecule has 0 aliphatic heterocycles. The van der Waals surface area contributed by atoms with Crippen LogP contribution in [0.5, 0.6) is 0 Å². The normalized spacial score (nSPS) is 10.6. The van der Waals surface area contributed by atoms with Gasteiger partial charge < -0.3 is 12.6 Å². The lowest BCUT2D eigenvalue weighted by molar-refractivity contribution is 0.670. The van der Waals surface area contributed by atoms with Crippen LogP contribution in [0.1, 0.15) is 31.2 Å². The Morgan fingerprint density at radius 1 is 0.632 bits per heavy atom. The van der Waals surface area contributed by atoms with E-state index in [0.29, 0.717) is 0 Å². The number of aryl methyl sites for hydroxylation is 1. The lowest BCUT2D eigenvalue weighted by Gasteiger charge is -2.06. The number of benzene rings is 2. The van der Waals surface area contributed by atoms with E-state index in [2.05, 4.69) is 54.6 Å². The highest BCUT2D eigenvalue weighted by molar-refractivity contribution is 7.58. The Morgan fingerprint density at radius 2 is 1.26 bits per heavy atom. The molecule has 0 aromatic heterocycles. The van der Waals surface area contributed by atoms with E-state index in [1.165, 1.54) is 48.8 Å². The van der Waals surface area contributed by atoms with Crippen LogP contribution < -0.4 is 0 Å². The summed E-state index contributed by atoms with van der Waals surface area (Å²) in [7, 11) is 0. The predicted octanol–water partition coefficient (Wildman–Crippen LogP) is 5.00. The Hall–Kier alpha value is -1.21. The van der Waals surface area contributed by atoms with Crippen LogP contribution >= 0.6 is 0 Å². The zero-order valence-corrected chi connectivity index (χ0v) is 12.2. The fraction of sp³-hybridized carbons (Fsp3) is 0.333. The fourth-order valence-electron chi connectivity index (χ4n) is 2.28. The van der Waals surface area contributed by atoms with Gasteiger partial charge in [-0.15, -0.1) is 0 Å². The van der Waals surface area contributed by atoms with Gasteiger partial charge >= 0.3 is 0 Å². The highest BCUT2D eigenvalue weighted by Gasteiger charge is 1.97. The average Bonchev–Trinajstić information content (AvgIpc) is 2.49. The molecule has 0 radical (unpaired) electrons. The van der Waals surface area contributed by atoms with E-state index in [9.17, 15) is 0 Å². The maximum absolute atomic E-state index is 4.96. The Balaban J connectivity index is 1.85. The topological polar surface area (TPSA) is 0 Å². The van der Waals surface area contributed by atoms with E-state index >= 15 is 0 Å². The molecule has 19 heavy (non-hydrogen) atoms. The minimum absolute atomic E-state index is 0.909. The van der Waals surface area contributed by atoms with Gasteiger partial charge in [0.1, 0.15) is 0 Å². The quantitative estimate of drug-likeness (QED) is 0.503. The Morgan fingerprint density at radius 3 is 1.95 bits per heavy atom. The van der Waals surface area contributed by atoms with Crippen LogP contribution in [0.25, 0.3) is 11.1 Å². The number of hydrogen-bond acceptors (Lipinski definition) is 1. The molecule has 0 unspecified atom stereocenters. The van der Waals surface area contributed by atoms with E-state index in [0.717, 1.165) is 5.75 Å². The van der Waals surface area contributed by atoms with Crippen LogP contribution in [-0.4, -0.2) is 5.75 Å². The first kappa shape index (κ1) is 14.2. The molecule has 100 valence electrons. The monoisotopic (exact) mass is 269 g/mol. The summed E-state index contributed by atoms with van der Waals surface area (Å²) in [5, 5.41) is 0. The summed E-state index contributed by atoms with van der Waals surface area (Å²) in [5.41, 5.74) is 4.04. The van der Waals surface area contributed by atoms with Gasteiger partial charge in [-0.2, -0.15) is 5.75 Å². The van der Waals surface area contributed by atoms with Crippen LogP contribution in [0, 0.1) is 0 Å². The molecule has 0 bridgehead atoms. The molecule has 2 aromatic carbocycles. The molecular weight excluding hydrogens is 248 g/mol. The lowest BCUT2D eigenvalue weighted by Crippen LogP contribution is -1.87. The van der Waals surface area contributed by atoms with Gasteiger partial charge in [-0.25, -0.2) is 0 Å². The summed E-state index contributed by atoms with van der Waals surface area (Å²) in [5.74, 6) is 0.909. The summed E-state index contributed by atoms with van der Waals surface area (Å²) in [6, 6.07) is 19.5. The summed E-state index contributed by atoms with van der Waals surface area (Å²) in [4.78, 5) is 0. The van der Waals surface area contributed by atoms with Gasteiger partial charge in [0.25, 0.3) is 0 Å². The van der Waals surface area contributed by atoms with E-state index in [-0.39, 0.29) is 0 Å². The van der Waals surface area contributed by atoms with E-state index in [1.807, 2.05) is 0 Å². The Kier molecular flexibility index (Phi) is 6.03. The third-order valence-electron chi connectivity index (χ3n) is 3.42. The highest BCUT2D eigenvalue weighted by atomic mass is 32.1. The van der Waals surface area contributed by atoms with Crippen LogP contribution in [0.15, 0.2) is 54.6 Å². The first-order valence-corrected chi connectivity index (χ1v) is 7.70. The molecule has 0 saturated heterocycles. The van der Waals surface area contributed by atoms with Crippen molar-refractivity contribution in [2.45, 2.75) is 32.1 Å².